The highest BCUT2D eigenvalue weighted by Crippen LogP contribution is 2.24. The molecule has 1 aromatic rings. The van der Waals surface area contributed by atoms with Crippen molar-refractivity contribution in [3.05, 3.63) is 35.4 Å². The molecule has 1 aliphatic rings. The van der Waals surface area contributed by atoms with Gasteiger partial charge in [-0.15, -0.1) is 0 Å². The van der Waals surface area contributed by atoms with Crippen LogP contribution in [0, 0.1) is 6.92 Å². The molecule has 17 heavy (non-hydrogen) atoms. The number of nitrogens with one attached hydrogen (secondary N) is 1. The summed E-state index contributed by atoms with van der Waals surface area (Å²) in [4.78, 5) is 0. The summed E-state index contributed by atoms with van der Waals surface area (Å²) in [6, 6.07) is 9.22. The molecular formula is C15H23NO. The second-order valence-electron chi connectivity index (χ2n) is 4.98. The minimum absolute atomic E-state index is 0.415. The summed E-state index contributed by atoms with van der Waals surface area (Å²) in [5.41, 5.74) is 2.68. The van der Waals surface area contributed by atoms with Crippen LogP contribution in [0.1, 0.15) is 42.9 Å². The molecule has 1 N–H and O–H groups in total. The Bertz CT molecular complexity index is 327. The summed E-state index contributed by atoms with van der Waals surface area (Å²) in [5.74, 6) is 0. The fourth-order valence-electron chi connectivity index (χ4n) is 2.48. The van der Waals surface area contributed by atoms with E-state index in [9.17, 15) is 0 Å². The van der Waals surface area contributed by atoms with E-state index in [0.29, 0.717) is 12.1 Å². The Kier molecular flexibility index (Phi) is 4.57. The number of rotatable bonds is 4. The summed E-state index contributed by atoms with van der Waals surface area (Å²) in [7, 11) is 2.04. The Morgan fingerprint density at radius 2 is 2.06 bits per heavy atom. The van der Waals surface area contributed by atoms with Crippen LogP contribution in [0.3, 0.4) is 0 Å². The van der Waals surface area contributed by atoms with Gasteiger partial charge in [-0.05, 0) is 45.2 Å². The van der Waals surface area contributed by atoms with E-state index in [2.05, 4.69) is 36.5 Å². The molecule has 1 aliphatic heterocycles. The third-order valence-corrected chi connectivity index (χ3v) is 3.60. The lowest BCUT2D eigenvalue weighted by Gasteiger charge is -2.27. The Balaban J connectivity index is 1.97. The largest absolute Gasteiger partial charge is 0.378 e. The molecule has 0 bridgehead atoms. The molecule has 2 rings (SSSR count). The third kappa shape index (κ3) is 3.55. The molecule has 2 nitrogen and oxygen atoms in total. The molecule has 1 aromatic carbocycles. The SMILES string of the molecule is CNC(CC1CCCCO1)c1ccc(C)cc1. The van der Waals surface area contributed by atoms with Crippen LogP contribution in [0.5, 0.6) is 0 Å². The standard InChI is InChI=1S/C15H23NO/c1-12-6-8-13(9-7-12)15(16-2)11-14-5-3-4-10-17-14/h6-9,14-16H,3-5,10-11H2,1-2H3. The first-order chi connectivity index (χ1) is 8.29. The van der Waals surface area contributed by atoms with Gasteiger partial charge in [-0.25, -0.2) is 0 Å². The highest BCUT2D eigenvalue weighted by molar-refractivity contribution is 5.24. The molecule has 0 aliphatic carbocycles. The Labute approximate surface area is 104 Å². The van der Waals surface area contributed by atoms with Crippen LogP contribution < -0.4 is 5.32 Å². The minimum Gasteiger partial charge on any atom is -0.378 e. The van der Waals surface area contributed by atoms with E-state index in [1.807, 2.05) is 7.05 Å². The second kappa shape index (κ2) is 6.18. The van der Waals surface area contributed by atoms with E-state index in [0.717, 1.165) is 13.0 Å². The summed E-state index contributed by atoms with van der Waals surface area (Å²) < 4.78 is 5.82. The van der Waals surface area contributed by atoms with Gasteiger partial charge in [0.15, 0.2) is 0 Å². The van der Waals surface area contributed by atoms with Crippen LogP contribution in [0.15, 0.2) is 24.3 Å². The van der Waals surface area contributed by atoms with Gasteiger partial charge < -0.3 is 10.1 Å². The quantitative estimate of drug-likeness (QED) is 0.862. The first-order valence-corrected chi connectivity index (χ1v) is 6.65. The third-order valence-electron chi connectivity index (χ3n) is 3.60. The number of hydrogen-bond acceptors (Lipinski definition) is 2. The van der Waals surface area contributed by atoms with Crippen molar-refractivity contribution in [3.8, 4) is 0 Å². The number of aryl methyl sites for hydroxylation is 1. The van der Waals surface area contributed by atoms with Crippen LogP contribution in [-0.4, -0.2) is 19.8 Å². The van der Waals surface area contributed by atoms with Gasteiger partial charge in [0.1, 0.15) is 0 Å². The summed E-state index contributed by atoms with van der Waals surface area (Å²) in [6.07, 6.45) is 5.27. The van der Waals surface area contributed by atoms with Crippen molar-refractivity contribution in [3.63, 3.8) is 0 Å². The van der Waals surface area contributed by atoms with Crippen LogP contribution in [0.2, 0.25) is 0 Å². The molecule has 2 atom stereocenters. The fraction of sp³-hybridized carbons (Fsp3) is 0.600. The predicted molar refractivity (Wildman–Crippen MR) is 71.2 cm³/mol. The van der Waals surface area contributed by atoms with E-state index in [4.69, 9.17) is 4.74 Å². The van der Waals surface area contributed by atoms with Gasteiger partial charge in [0, 0.05) is 12.6 Å². The molecule has 0 aromatic heterocycles. The molecule has 0 saturated carbocycles. The van der Waals surface area contributed by atoms with Gasteiger partial charge in [-0.1, -0.05) is 29.8 Å². The minimum atomic E-state index is 0.415. The number of benzene rings is 1. The lowest BCUT2D eigenvalue weighted by atomic mass is 9.96. The van der Waals surface area contributed by atoms with Gasteiger partial charge in [0.05, 0.1) is 6.10 Å². The van der Waals surface area contributed by atoms with Gasteiger partial charge >= 0.3 is 0 Å². The van der Waals surface area contributed by atoms with Gasteiger partial charge in [-0.3, -0.25) is 0 Å². The molecule has 1 fully saturated rings. The van der Waals surface area contributed by atoms with Crippen molar-refractivity contribution in [2.24, 2.45) is 0 Å². The summed E-state index contributed by atoms with van der Waals surface area (Å²) in [6.45, 7) is 3.07. The lowest BCUT2D eigenvalue weighted by molar-refractivity contribution is 0.00548. The lowest BCUT2D eigenvalue weighted by Crippen LogP contribution is -2.26. The zero-order chi connectivity index (χ0) is 12.1. The maximum absolute atomic E-state index is 5.82. The van der Waals surface area contributed by atoms with Gasteiger partial charge in [0.2, 0.25) is 0 Å². The van der Waals surface area contributed by atoms with E-state index in [-0.39, 0.29) is 0 Å². The van der Waals surface area contributed by atoms with E-state index >= 15 is 0 Å². The molecule has 0 amide bonds. The smallest absolute Gasteiger partial charge is 0.0593 e. The van der Waals surface area contributed by atoms with Gasteiger partial charge in [-0.2, -0.15) is 0 Å². The molecule has 2 heteroatoms. The molecule has 94 valence electrons. The summed E-state index contributed by atoms with van der Waals surface area (Å²) in [5, 5.41) is 3.41. The molecule has 1 saturated heterocycles. The zero-order valence-electron chi connectivity index (χ0n) is 10.9. The van der Waals surface area contributed by atoms with Crippen molar-refractivity contribution in [2.45, 2.75) is 44.8 Å². The first-order valence-electron chi connectivity index (χ1n) is 6.65. The van der Waals surface area contributed by atoms with Crippen molar-refractivity contribution in [1.82, 2.24) is 5.32 Å². The highest BCUT2D eigenvalue weighted by Gasteiger charge is 2.19. The Morgan fingerprint density at radius 3 is 2.65 bits per heavy atom. The van der Waals surface area contributed by atoms with Crippen LogP contribution >= 0.6 is 0 Å². The maximum atomic E-state index is 5.82. The molecule has 0 spiro atoms. The van der Waals surface area contributed by atoms with Crippen LogP contribution in [0.4, 0.5) is 0 Å². The Hall–Kier alpha value is -0.860. The zero-order valence-corrected chi connectivity index (χ0v) is 10.9. The van der Waals surface area contributed by atoms with E-state index < -0.39 is 0 Å². The Morgan fingerprint density at radius 1 is 1.29 bits per heavy atom. The highest BCUT2D eigenvalue weighted by atomic mass is 16.5. The number of ether oxygens (including phenoxy) is 1. The maximum Gasteiger partial charge on any atom is 0.0593 e. The van der Waals surface area contributed by atoms with Crippen LogP contribution in [0.25, 0.3) is 0 Å². The normalized spacial score (nSPS) is 22.4. The second-order valence-corrected chi connectivity index (χ2v) is 4.98. The monoisotopic (exact) mass is 233 g/mol. The first kappa shape index (κ1) is 12.6. The molecule has 0 radical (unpaired) electrons. The van der Waals surface area contributed by atoms with E-state index in [1.54, 1.807) is 0 Å². The van der Waals surface area contributed by atoms with Crippen molar-refractivity contribution in [1.29, 1.82) is 0 Å². The topological polar surface area (TPSA) is 21.3 Å². The van der Waals surface area contributed by atoms with Crippen molar-refractivity contribution in [2.75, 3.05) is 13.7 Å². The molecule has 1 heterocycles. The predicted octanol–water partition coefficient (Wildman–Crippen LogP) is 3.21. The average molecular weight is 233 g/mol. The number of hydrogen-bond donors (Lipinski definition) is 1. The molecule has 2 unspecified atom stereocenters. The van der Waals surface area contributed by atoms with Crippen LogP contribution in [-0.2, 0) is 4.74 Å². The average Bonchev–Trinajstić information content (AvgIpc) is 2.38. The molecular weight excluding hydrogens is 210 g/mol. The van der Waals surface area contributed by atoms with E-state index in [1.165, 1.54) is 30.4 Å². The fourth-order valence-corrected chi connectivity index (χ4v) is 2.48. The van der Waals surface area contributed by atoms with Crippen molar-refractivity contribution >= 4 is 0 Å². The van der Waals surface area contributed by atoms with Gasteiger partial charge in [0.25, 0.3) is 0 Å². The summed E-state index contributed by atoms with van der Waals surface area (Å²) >= 11 is 0. The van der Waals surface area contributed by atoms with Crippen molar-refractivity contribution < 1.29 is 4.74 Å².